The van der Waals surface area contributed by atoms with Crippen molar-refractivity contribution < 1.29 is 26.4 Å². The smallest absolute Gasteiger partial charge is 0.261 e. The Hall–Kier alpha value is -3.37. The van der Waals surface area contributed by atoms with E-state index in [9.17, 15) is 21.6 Å². The van der Waals surface area contributed by atoms with E-state index in [-0.39, 0.29) is 27.6 Å². The number of benzene rings is 3. The van der Waals surface area contributed by atoms with Gasteiger partial charge in [0.2, 0.25) is 0 Å². The summed E-state index contributed by atoms with van der Waals surface area (Å²) < 4.78 is 56.5. The zero-order chi connectivity index (χ0) is 23.4. The van der Waals surface area contributed by atoms with Crippen LogP contribution in [-0.4, -0.2) is 36.1 Å². The molecule has 0 spiro atoms. The van der Waals surface area contributed by atoms with Gasteiger partial charge in [-0.3, -0.25) is 9.52 Å². The van der Waals surface area contributed by atoms with Crippen molar-refractivity contribution >= 4 is 31.5 Å². The van der Waals surface area contributed by atoms with Crippen molar-refractivity contribution in [1.29, 1.82) is 0 Å². The molecule has 0 unspecified atom stereocenters. The normalized spacial score (nSPS) is 11.6. The minimum Gasteiger partial charge on any atom is -0.497 e. The number of amides is 1. The Labute approximate surface area is 187 Å². The fourth-order valence-electron chi connectivity index (χ4n) is 2.87. The first-order valence-corrected chi connectivity index (χ1v) is 12.8. The fraction of sp³-hybridized carbons (Fsp3) is 0.136. The quantitative estimate of drug-likeness (QED) is 0.518. The van der Waals surface area contributed by atoms with Gasteiger partial charge in [0, 0.05) is 12.8 Å². The monoisotopic (exact) mass is 474 g/mol. The van der Waals surface area contributed by atoms with E-state index in [0.29, 0.717) is 5.75 Å². The van der Waals surface area contributed by atoms with E-state index >= 15 is 0 Å². The molecule has 0 saturated heterocycles. The number of sulfonamides is 1. The van der Waals surface area contributed by atoms with Crippen LogP contribution in [0, 0.1) is 0 Å². The summed E-state index contributed by atoms with van der Waals surface area (Å²) >= 11 is 0. The zero-order valence-corrected chi connectivity index (χ0v) is 19.0. The summed E-state index contributed by atoms with van der Waals surface area (Å²) in [7, 11) is -6.11. The molecule has 3 aromatic rings. The number of ether oxygens (including phenoxy) is 1. The number of nitrogens with one attached hydrogen (secondary N) is 2. The lowest BCUT2D eigenvalue weighted by Gasteiger charge is -2.14. The molecule has 168 valence electrons. The van der Waals surface area contributed by atoms with Crippen LogP contribution in [-0.2, 0) is 26.4 Å². The Bertz CT molecular complexity index is 1320. The number of anilines is 1. The van der Waals surface area contributed by atoms with Crippen LogP contribution in [0.15, 0.2) is 82.6 Å². The maximum absolute atomic E-state index is 12.8. The molecule has 3 rings (SSSR count). The topological polar surface area (TPSA) is 119 Å². The van der Waals surface area contributed by atoms with E-state index in [1.165, 1.54) is 49.6 Å². The summed E-state index contributed by atoms with van der Waals surface area (Å²) in [5.41, 5.74) is 1.03. The van der Waals surface area contributed by atoms with E-state index in [4.69, 9.17) is 4.74 Å². The predicted molar refractivity (Wildman–Crippen MR) is 121 cm³/mol. The van der Waals surface area contributed by atoms with Crippen molar-refractivity contribution in [3.8, 4) is 5.75 Å². The minimum absolute atomic E-state index is 0.00174. The lowest BCUT2D eigenvalue weighted by Crippen LogP contribution is -2.25. The molecule has 1 amide bonds. The highest BCUT2D eigenvalue weighted by atomic mass is 32.2. The molecule has 0 bridgehead atoms. The maximum Gasteiger partial charge on any atom is 0.261 e. The van der Waals surface area contributed by atoms with Gasteiger partial charge in [-0.2, -0.15) is 0 Å². The summed E-state index contributed by atoms with van der Waals surface area (Å²) in [6, 6.07) is 18.5. The average Bonchev–Trinajstić information content (AvgIpc) is 2.77. The number of carbonyl (C=O) groups excluding carboxylic acids is 1. The number of hydrogen-bond acceptors (Lipinski definition) is 6. The summed E-state index contributed by atoms with van der Waals surface area (Å²) in [4.78, 5) is 12.7. The van der Waals surface area contributed by atoms with Crippen LogP contribution >= 0.6 is 0 Å². The molecule has 2 N–H and O–H groups in total. The third kappa shape index (κ3) is 5.65. The Morgan fingerprint density at radius 3 is 2.09 bits per heavy atom. The molecule has 0 atom stereocenters. The van der Waals surface area contributed by atoms with Gasteiger partial charge in [-0.1, -0.05) is 30.3 Å². The SMILES string of the molecule is COc1ccc(NS(=O)(=O)c2ccc(S(C)(=O)=O)cc2)c(C(=O)NCc2ccccc2)c1. The summed E-state index contributed by atoms with van der Waals surface area (Å²) in [5.74, 6) is -0.104. The molecule has 0 saturated carbocycles. The zero-order valence-electron chi connectivity index (χ0n) is 17.4. The highest BCUT2D eigenvalue weighted by Gasteiger charge is 2.20. The Morgan fingerprint density at radius 2 is 1.50 bits per heavy atom. The second kappa shape index (κ2) is 9.41. The number of carbonyl (C=O) groups is 1. The number of hydrogen-bond donors (Lipinski definition) is 2. The van der Waals surface area contributed by atoms with Gasteiger partial charge in [0.1, 0.15) is 5.75 Å². The van der Waals surface area contributed by atoms with Gasteiger partial charge < -0.3 is 10.1 Å². The Balaban J connectivity index is 1.87. The minimum atomic E-state index is -4.08. The molecule has 0 fully saturated rings. The van der Waals surface area contributed by atoms with E-state index in [0.717, 1.165) is 11.8 Å². The van der Waals surface area contributed by atoms with Crippen molar-refractivity contribution in [2.45, 2.75) is 16.3 Å². The fourth-order valence-corrected chi connectivity index (χ4v) is 4.58. The van der Waals surface area contributed by atoms with Gasteiger partial charge in [-0.15, -0.1) is 0 Å². The van der Waals surface area contributed by atoms with Gasteiger partial charge in [0.05, 0.1) is 28.2 Å². The predicted octanol–water partition coefficient (Wildman–Crippen LogP) is 2.83. The van der Waals surface area contributed by atoms with E-state index < -0.39 is 25.8 Å². The molecule has 10 heteroatoms. The first-order valence-electron chi connectivity index (χ1n) is 9.43. The molecule has 8 nitrogen and oxygen atoms in total. The largest absolute Gasteiger partial charge is 0.497 e. The molecule has 0 radical (unpaired) electrons. The van der Waals surface area contributed by atoms with Crippen LogP contribution in [0.3, 0.4) is 0 Å². The van der Waals surface area contributed by atoms with E-state index in [1.54, 1.807) is 0 Å². The van der Waals surface area contributed by atoms with Gasteiger partial charge in [0.25, 0.3) is 15.9 Å². The van der Waals surface area contributed by atoms with Crippen molar-refractivity contribution in [2.75, 3.05) is 18.1 Å². The van der Waals surface area contributed by atoms with Crippen molar-refractivity contribution in [2.24, 2.45) is 0 Å². The highest BCUT2D eigenvalue weighted by molar-refractivity contribution is 7.92. The second-order valence-electron chi connectivity index (χ2n) is 6.93. The number of sulfone groups is 1. The second-order valence-corrected chi connectivity index (χ2v) is 10.6. The summed E-state index contributed by atoms with van der Waals surface area (Å²) in [5, 5.41) is 2.76. The molecular formula is C22H22N2O6S2. The first kappa shape index (κ1) is 23.3. The van der Waals surface area contributed by atoms with Crippen LogP contribution in [0.5, 0.6) is 5.75 Å². The molecule has 0 aliphatic heterocycles. The van der Waals surface area contributed by atoms with Gasteiger partial charge in [0.15, 0.2) is 9.84 Å². The van der Waals surface area contributed by atoms with Crippen LogP contribution in [0.2, 0.25) is 0 Å². The van der Waals surface area contributed by atoms with Crippen molar-refractivity contribution in [3.05, 3.63) is 83.9 Å². The summed E-state index contributed by atoms with van der Waals surface area (Å²) in [6.07, 6.45) is 1.03. The molecule has 3 aromatic carbocycles. The third-order valence-corrected chi connectivity index (χ3v) is 7.08. The van der Waals surface area contributed by atoms with Gasteiger partial charge in [-0.25, -0.2) is 16.8 Å². The van der Waals surface area contributed by atoms with Gasteiger partial charge >= 0.3 is 0 Å². The molecule has 32 heavy (non-hydrogen) atoms. The molecule has 0 aliphatic carbocycles. The van der Waals surface area contributed by atoms with Crippen LogP contribution in [0.25, 0.3) is 0 Å². The first-order chi connectivity index (χ1) is 15.1. The van der Waals surface area contributed by atoms with Crippen LogP contribution < -0.4 is 14.8 Å². The third-order valence-electron chi connectivity index (χ3n) is 4.57. The number of rotatable bonds is 8. The van der Waals surface area contributed by atoms with Gasteiger partial charge in [-0.05, 0) is 48.0 Å². The lowest BCUT2D eigenvalue weighted by atomic mass is 10.1. The Morgan fingerprint density at radius 1 is 0.875 bits per heavy atom. The molecule has 0 aliphatic rings. The van der Waals surface area contributed by atoms with Crippen LogP contribution in [0.4, 0.5) is 5.69 Å². The highest BCUT2D eigenvalue weighted by Crippen LogP contribution is 2.25. The van der Waals surface area contributed by atoms with E-state index in [2.05, 4.69) is 10.0 Å². The molecule has 0 heterocycles. The van der Waals surface area contributed by atoms with Crippen molar-refractivity contribution in [1.82, 2.24) is 5.32 Å². The maximum atomic E-state index is 12.8. The Kier molecular flexibility index (Phi) is 6.85. The molecular weight excluding hydrogens is 452 g/mol. The average molecular weight is 475 g/mol. The van der Waals surface area contributed by atoms with Crippen molar-refractivity contribution in [3.63, 3.8) is 0 Å². The lowest BCUT2D eigenvalue weighted by molar-refractivity contribution is 0.0951. The molecule has 0 aromatic heterocycles. The standard InChI is InChI=1S/C22H22N2O6S2/c1-30-17-8-13-21(20(14-17)22(25)23-15-16-6-4-3-5-7-16)24-32(28,29)19-11-9-18(10-12-19)31(2,26)27/h3-14,24H,15H2,1-2H3,(H,23,25). The van der Waals surface area contributed by atoms with E-state index in [1.807, 2.05) is 30.3 Å². The number of methoxy groups -OCH3 is 1. The van der Waals surface area contributed by atoms with Crippen LogP contribution in [0.1, 0.15) is 15.9 Å². The summed E-state index contributed by atoms with van der Waals surface area (Å²) in [6.45, 7) is 0.260.